The second-order valence-corrected chi connectivity index (χ2v) is 9.56. The molecule has 4 heteroatoms. The Balaban J connectivity index is 1.58. The molecular formula is C20H31NO3. The van der Waals surface area contributed by atoms with Gasteiger partial charge in [-0.25, -0.2) is 0 Å². The summed E-state index contributed by atoms with van der Waals surface area (Å²) in [4.78, 5) is 10.7. The molecule has 0 heterocycles. The van der Waals surface area contributed by atoms with E-state index in [9.17, 15) is 15.2 Å². The first kappa shape index (κ1) is 16.6. The van der Waals surface area contributed by atoms with Crippen molar-refractivity contribution >= 4 is 0 Å². The predicted octanol–water partition coefficient (Wildman–Crippen LogP) is 4.20. The first-order chi connectivity index (χ1) is 11.3. The molecule has 1 N–H and O–H groups in total. The van der Waals surface area contributed by atoms with Crippen LogP contribution in [0.15, 0.2) is 11.6 Å². The van der Waals surface area contributed by atoms with Crippen molar-refractivity contribution in [1.82, 2.24) is 0 Å². The maximum Gasteiger partial charge on any atom is 0.224 e. The van der Waals surface area contributed by atoms with Gasteiger partial charge in [-0.3, -0.25) is 10.1 Å². The minimum Gasteiger partial charge on any atom is -0.393 e. The molecule has 4 rings (SSSR count). The summed E-state index contributed by atoms with van der Waals surface area (Å²) in [7, 11) is 0. The van der Waals surface area contributed by atoms with E-state index in [1.165, 1.54) is 25.7 Å². The van der Waals surface area contributed by atoms with Crippen LogP contribution in [0.3, 0.4) is 0 Å². The lowest BCUT2D eigenvalue weighted by Gasteiger charge is -2.59. The summed E-state index contributed by atoms with van der Waals surface area (Å²) >= 11 is 0. The van der Waals surface area contributed by atoms with Gasteiger partial charge in [0.2, 0.25) is 6.54 Å². The molecule has 0 spiro atoms. The van der Waals surface area contributed by atoms with Gasteiger partial charge in [0.05, 0.1) is 6.10 Å². The number of rotatable bonds is 2. The van der Waals surface area contributed by atoms with Crippen molar-refractivity contribution in [3.63, 3.8) is 0 Å². The minimum atomic E-state index is -0.175. The maximum absolute atomic E-state index is 10.9. The molecule has 0 bridgehead atoms. The Bertz CT molecular complexity index is 573. The predicted molar refractivity (Wildman–Crippen MR) is 93.1 cm³/mol. The van der Waals surface area contributed by atoms with Gasteiger partial charge >= 0.3 is 0 Å². The lowest BCUT2D eigenvalue weighted by molar-refractivity contribution is -0.471. The largest absolute Gasteiger partial charge is 0.393 e. The quantitative estimate of drug-likeness (QED) is 0.468. The Morgan fingerprint density at radius 3 is 2.67 bits per heavy atom. The van der Waals surface area contributed by atoms with Crippen LogP contribution < -0.4 is 0 Å². The van der Waals surface area contributed by atoms with E-state index < -0.39 is 0 Å². The van der Waals surface area contributed by atoms with Gasteiger partial charge in [0.25, 0.3) is 0 Å². The number of nitro groups is 1. The summed E-state index contributed by atoms with van der Waals surface area (Å²) in [5.41, 5.74) is 1.52. The third kappa shape index (κ3) is 2.28. The Morgan fingerprint density at radius 1 is 1.17 bits per heavy atom. The topological polar surface area (TPSA) is 63.4 Å². The Kier molecular flexibility index (Phi) is 3.83. The Hall–Kier alpha value is -0.900. The van der Waals surface area contributed by atoms with E-state index in [1.54, 1.807) is 0 Å². The van der Waals surface area contributed by atoms with Crippen molar-refractivity contribution in [2.24, 2.45) is 34.5 Å². The SMILES string of the molecule is C[C@]12CC=C(C[N+](=O)[O-])C[C@@H]1CC[C@H]1[C@H]2CC[C@]2(C)[C@@H](O)CC[C@@H]12. The highest BCUT2D eigenvalue weighted by Crippen LogP contribution is 2.65. The van der Waals surface area contributed by atoms with E-state index in [0.29, 0.717) is 17.3 Å². The Labute approximate surface area is 144 Å². The summed E-state index contributed by atoms with van der Waals surface area (Å²) in [5, 5.41) is 21.4. The fraction of sp³-hybridized carbons (Fsp3) is 0.900. The number of hydrogen-bond donors (Lipinski definition) is 1. The van der Waals surface area contributed by atoms with Gasteiger partial charge in [0.1, 0.15) is 0 Å². The second kappa shape index (κ2) is 5.55. The number of aliphatic hydroxyl groups is 1. The molecule has 0 radical (unpaired) electrons. The van der Waals surface area contributed by atoms with Crippen LogP contribution in [0.2, 0.25) is 0 Å². The van der Waals surface area contributed by atoms with Crippen LogP contribution in [-0.2, 0) is 0 Å². The summed E-state index contributed by atoms with van der Waals surface area (Å²) in [6, 6.07) is 0. The van der Waals surface area contributed by atoms with Gasteiger partial charge < -0.3 is 5.11 Å². The average Bonchev–Trinajstić information content (AvgIpc) is 2.83. The van der Waals surface area contributed by atoms with Gasteiger partial charge in [-0.15, -0.1) is 0 Å². The monoisotopic (exact) mass is 333 g/mol. The van der Waals surface area contributed by atoms with Crippen LogP contribution in [0.1, 0.15) is 65.2 Å². The van der Waals surface area contributed by atoms with E-state index in [1.807, 2.05) is 0 Å². The molecule has 0 aromatic carbocycles. The highest BCUT2D eigenvalue weighted by Gasteiger charge is 2.59. The number of hydrogen-bond acceptors (Lipinski definition) is 3. The fourth-order valence-electron chi connectivity index (χ4n) is 7.22. The third-order valence-electron chi connectivity index (χ3n) is 8.69. The number of nitrogens with zero attached hydrogens (tertiary/aromatic N) is 1. The van der Waals surface area contributed by atoms with Crippen LogP contribution in [0.4, 0.5) is 0 Å². The standard InChI is InChI=1S/C20H31NO3/c1-19-9-7-13(12-21(23)24)11-14(19)3-4-15-16-5-6-18(22)20(16,2)10-8-17(15)19/h7,14-18,22H,3-6,8-12H2,1-2H3/t14-,15+,16-,17+,18-,19-,20-/m0/s1. The summed E-state index contributed by atoms with van der Waals surface area (Å²) in [6.45, 7) is 4.82. The minimum absolute atomic E-state index is 0.0353. The van der Waals surface area contributed by atoms with E-state index in [4.69, 9.17) is 0 Å². The van der Waals surface area contributed by atoms with Crippen molar-refractivity contribution < 1.29 is 10.0 Å². The van der Waals surface area contributed by atoms with E-state index >= 15 is 0 Å². The average molecular weight is 333 g/mol. The van der Waals surface area contributed by atoms with Crippen LogP contribution in [0, 0.1) is 44.6 Å². The number of fused-ring (bicyclic) bond motifs is 5. The molecule has 0 aromatic rings. The molecule has 4 nitrogen and oxygen atoms in total. The molecule has 24 heavy (non-hydrogen) atoms. The van der Waals surface area contributed by atoms with Crippen molar-refractivity contribution in [3.8, 4) is 0 Å². The molecular weight excluding hydrogens is 302 g/mol. The smallest absolute Gasteiger partial charge is 0.224 e. The van der Waals surface area contributed by atoms with E-state index in [-0.39, 0.29) is 23.0 Å². The van der Waals surface area contributed by atoms with Gasteiger partial charge in [-0.05, 0) is 91.4 Å². The summed E-state index contributed by atoms with van der Waals surface area (Å²) in [6.07, 6.45) is 11.1. The van der Waals surface area contributed by atoms with Gasteiger partial charge in [-0.2, -0.15) is 0 Å². The molecule has 0 unspecified atom stereocenters. The highest BCUT2D eigenvalue weighted by atomic mass is 16.6. The Morgan fingerprint density at radius 2 is 1.92 bits per heavy atom. The van der Waals surface area contributed by atoms with Crippen LogP contribution in [-0.4, -0.2) is 22.7 Å². The van der Waals surface area contributed by atoms with Crippen molar-refractivity contribution in [3.05, 3.63) is 21.8 Å². The first-order valence-electron chi connectivity index (χ1n) is 9.82. The second-order valence-electron chi connectivity index (χ2n) is 9.56. The van der Waals surface area contributed by atoms with Crippen molar-refractivity contribution in [2.75, 3.05) is 6.54 Å². The maximum atomic E-state index is 10.9. The molecule has 0 amide bonds. The fourth-order valence-corrected chi connectivity index (χ4v) is 7.22. The molecule has 4 aliphatic carbocycles. The van der Waals surface area contributed by atoms with Crippen LogP contribution in [0.5, 0.6) is 0 Å². The zero-order chi connectivity index (χ0) is 17.1. The highest BCUT2D eigenvalue weighted by molar-refractivity contribution is 5.17. The molecule has 3 fully saturated rings. The number of aliphatic hydroxyl groups excluding tert-OH is 1. The lowest BCUT2D eigenvalue weighted by Crippen LogP contribution is -2.53. The summed E-state index contributed by atoms with van der Waals surface area (Å²) < 4.78 is 0. The van der Waals surface area contributed by atoms with Gasteiger partial charge in [-0.1, -0.05) is 19.9 Å². The molecule has 0 aromatic heterocycles. The molecule has 0 saturated heterocycles. The molecule has 7 atom stereocenters. The van der Waals surface area contributed by atoms with Crippen molar-refractivity contribution in [2.45, 2.75) is 71.3 Å². The van der Waals surface area contributed by atoms with Gasteiger partial charge in [0.15, 0.2) is 0 Å². The zero-order valence-electron chi connectivity index (χ0n) is 15.0. The normalized spacial score (nSPS) is 50.5. The van der Waals surface area contributed by atoms with Crippen LogP contribution in [0.25, 0.3) is 0 Å². The lowest BCUT2D eigenvalue weighted by atomic mass is 9.45. The molecule has 0 aliphatic heterocycles. The molecule has 134 valence electrons. The zero-order valence-corrected chi connectivity index (χ0v) is 15.0. The summed E-state index contributed by atoms with van der Waals surface area (Å²) in [5.74, 6) is 2.81. The first-order valence-corrected chi connectivity index (χ1v) is 9.82. The van der Waals surface area contributed by atoms with E-state index in [2.05, 4.69) is 19.9 Å². The third-order valence-corrected chi connectivity index (χ3v) is 8.69. The van der Waals surface area contributed by atoms with Crippen LogP contribution >= 0.6 is 0 Å². The van der Waals surface area contributed by atoms with Crippen molar-refractivity contribution in [1.29, 1.82) is 0 Å². The number of allylic oxidation sites excluding steroid dienone is 1. The van der Waals surface area contributed by atoms with E-state index in [0.717, 1.165) is 43.1 Å². The molecule has 3 saturated carbocycles. The molecule has 4 aliphatic rings. The van der Waals surface area contributed by atoms with Gasteiger partial charge in [0, 0.05) is 4.92 Å².